The van der Waals surface area contributed by atoms with Gasteiger partial charge in [0.15, 0.2) is 18.1 Å². The van der Waals surface area contributed by atoms with Crippen molar-refractivity contribution in [2.24, 2.45) is 5.10 Å². The molecule has 3 aromatic carbocycles. The summed E-state index contributed by atoms with van der Waals surface area (Å²) >= 11 is 0. The standard InChI is InChI=1S/C29H32N2O7/c1-4-6-17-36-24-12-14-25(15-13-24)37-20-28(32)31-30-19-21-7-16-26(27(18-21)34-3)38-29(33)22-8-10-23(11-9-22)35-5-2/h7-16,18-19H,4-6,17,20H2,1-3H3,(H,31,32)/b30-19+. The van der Waals surface area contributed by atoms with Crippen LogP contribution in [-0.2, 0) is 4.79 Å². The molecular formula is C29H32N2O7. The van der Waals surface area contributed by atoms with Crippen LogP contribution < -0.4 is 29.1 Å². The Kier molecular flexibility index (Phi) is 11.0. The third-order valence-corrected chi connectivity index (χ3v) is 5.15. The predicted octanol–water partition coefficient (Wildman–Crippen LogP) is 5.02. The molecule has 9 nitrogen and oxygen atoms in total. The van der Waals surface area contributed by atoms with Gasteiger partial charge in [0.25, 0.3) is 5.91 Å². The number of nitrogens with one attached hydrogen (secondary N) is 1. The van der Waals surface area contributed by atoms with Gasteiger partial charge < -0.3 is 23.7 Å². The number of carbonyl (C=O) groups excluding carboxylic acids is 2. The van der Waals surface area contributed by atoms with Crippen LogP contribution in [0.5, 0.6) is 28.7 Å². The Balaban J connectivity index is 1.48. The third kappa shape index (κ3) is 8.85. The fourth-order valence-corrected chi connectivity index (χ4v) is 3.19. The summed E-state index contributed by atoms with van der Waals surface area (Å²) in [5.41, 5.74) is 3.42. The summed E-state index contributed by atoms with van der Waals surface area (Å²) in [6.07, 6.45) is 3.51. The fraction of sp³-hybridized carbons (Fsp3) is 0.276. The van der Waals surface area contributed by atoms with E-state index >= 15 is 0 Å². The second kappa shape index (κ2) is 14.9. The van der Waals surface area contributed by atoms with Crippen LogP contribution in [0.2, 0.25) is 0 Å². The number of methoxy groups -OCH3 is 1. The van der Waals surface area contributed by atoms with Crippen molar-refractivity contribution >= 4 is 18.1 Å². The molecule has 0 unspecified atom stereocenters. The summed E-state index contributed by atoms with van der Waals surface area (Å²) in [6.45, 7) is 5.00. The molecule has 0 aliphatic rings. The van der Waals surface area contributed by atoms with E-state index in [0.717, 1.165) is 18.6 Å². The molecule has 1 N–H and O–H groups in total. The molecule has 3 rings (SSSR count). The molecule has 0 spiro atoms. The number of carbonyl (C=O) groups is 2. The number of hydrogen-bond donors (Lipinski definition) is 1. The SMILES string of the molecule is CCCCOc1ccc(OCC(=O)N/N=C/c2ccc(OC(=O)c3ccc(OCC)cc3)c(OC)c2)cc1. The Bertz CT molecular complexity index is 1210. The lowest BCUT2D eigenvalue weighted by Crippen LogP contribution is -2.24. The first kappa shape index (κ1) is 28.0. The smallest absolute Gasteiger partial charge is 0.343 e. The van der Waals surface area contributed by atoms with Crippen LogP contribution in [0.4, 0.5) is 0 Å². The van der Waals surface area contributed by atoms with Gasteiger partial charge in [-0.1, -0.05) is 13.3 Å². The molecule has 1 amide bonds. The maximum Gasteiger partial charge on any atom is 0.343 e. The lowest BCUT2D eigenvalue weighted by atomic mass is 10.2. The monoisotopic (exact) mass is 520 g/mol. The molecule has 200 valence electrons. The maximum absolute atomic E-state index is 12.5. The molecular weight excluding hydrogens is 488 g/mol. The first-order valence-corrected chi connectivity index (χ1v) is 12.3. The Hall–Kier alpha value is -4.53. The van der Waals surface area contributed by atoms with Crippen LogP contribution in [0.3, 0.4) is 0 Å². The summed E-state index contributed by atoms with van der Waals surface area (Å²) in [4.78, 5) is 24.6. The van der Waals surface area contributed by atoms with Gasteiger partial charge in [-0.2, -0.15) is 5.10 Å². The number of amides is 1. The van der Waals surface area contributed by atoms with Crippen LogP contribution in [0.15, 0.2) is 71.8 Å². The van der Waals surface area contributed by atoms with Crippen molar-refractivity contribution < 1.29 is 33.3 Å². The Morgan fingerprint density at radius 2 is 1.50 bits per heavy atom. The van der Waals surface area contributed by atoms with Crippen LogP contribution >= 0.6 is 0 Å². The highest BCUT2D eigenvalue weighted by Crippen LogP contribution is 2.28. The van der Waals surface area contributed by atoms with E-state index in [4.69, 9.17) is 23.7 Å². The van der Waals surface area contributed by atoms with Gasteiger partial charge in [-0.25, -0.2) is 10.2 Å². The summed E-state index contributed by atoms with van der Waals surface area (Å²) in [5, 5.41) is 3.95. The molecule has 0 heterocycles. The minimum Gasteiger partial charge on any atom is -0.494 e. The van der Waals surface area contributed by atoms with Crippen molar-refractivity contribution in [3.8, 4) is 28.7 Å². The van der Waals surface area contributed by atoms with E-state index in [1.165, 1.54) is 13.3 Å². The first-order chi connectivity index (χ1) is 18.5. The minimum absolute atomic E-state index is 0.197. The molecule has 0 saturated heterocycles. The summed E-state index contributed by atoms with van der Waals surface area (Å²) in [5.74, 6) is 1.62. The molecule has 38 heavy (non-hydrogen) atoms. The molecule has 0 aliphatic heterocycles. The van der Waals surface area contributed by atoms with Gasteiger partial charge in [0.2, 0.25) is 0 Å². The lowest BCUT2D eigenvalue weighted by molar-refractivity contribution is -0.123. The van der Waals surface area contributed by atoms with Crippen LogP contribution in [0, 0.1) is 0 Å². The van der Waals surface area contributed by atoms with Gasteiger partial charge in [0.05, 0.1) is 32.1 Å². The number of esters is 1. The summed E-state index contributed by atoms with van der Waals surface area (Å²) in [7, 11) is 1.47. The van der Waals surface area contributed by atoms with E-state index in [1.54, 1.807) is 66.7 Å². The Morgan fingerprint density at radius 1 is 0.842 bits per heavy atom. The number of benzene rings is 3. The van der Waals surface area contributed by atoms with Gasteiger partial charge in [-0.3, -0.25) is 4.79 Å². The second-order valence-electron chi connectivity index (χ2n) is 8.01. The number of hydrogen-bond acceptors (Lipinski definition) is 8. The molecule has 3 aromatic rings. The average Bonchev–Trinajstić information content (AvgIpc) is 2.94. The van der Waals surface area contributed by atoms with E-state index < -0.39 is 11.9 Å². The zero-order valence-corrected chi connectivity index (χ0v) is 21.8. The zero-order chi connectivity index (χ0) is 27.2. The van der Waals surface area contributed by atoms with Crippen LogP contribution in [0.1, 0.15) is 42.6 Å². The van der Waals surface area contributed by atoms with Crippen LogP contribution in [-0.4, -0.2) is 45.0 Å². The fourth-order valence-electron chi connectivity index (χ4n) is 3.19. The van der Waals surface area contributed by atoms with Crippen molar-refractivity contribution in [1.29, 1.82) is 0 Å². The zero-order valence-electron chi connectivity index (χ0n) is 21.8. The van der Waals surface area contributed by atoms with Crippen molar-refractivity contribution in [3.63, 3.8) is 0 Å². The van der Waals surface area contributed by atoms with Crippen molar-refractivity contribution in [2.45, 2.75) is 26.7 Å². The van der Waals surface area contributed by atoms with Crippen molar-refractivity contribution in [3.05, 3.63) is 77.9 Å². The molecule has 0 aliphatic carbocycles. The number of ether oxygens (including phenoxy) is 5. The largest absolute Gasteiger partial charge is 0.494 e. The molecule has 0 fully saturated rings. The third-order valence-electron chi connectivity index (χ3n) is 5.15. The average molecular weight is 521 g/mol. The molecule has 0 aromatic heterocycles. The highest BCUT2D eigenvalue weighted by molar-refractivity contribution is 5.92. The van der Waals surface area contributed by atoms with Gasteiger partial charge in [0.1, 0.15) is 17.2 Å². The first-order valence-electron chi connectivity index (χ1n) is 12.3. The normalized spacial score (nSPS) is 10.6. The highest BCUT2D eigenvalue weighted by Gasteiger charge is 2.13. The van der Waals surface area contributed by atoms with Crippen LogP contribution in [0.25, 0.3) is 0 Å². The number of nitrogens with zero attached hydrogens (tertiary/aromatic N) is 1. The molecule has 0 radical (unpaired) electrons. The van der Waals surface area contributed by atoms with Gasteiger partial charge in [0, 0.05) is 0 Å². The van der Waals surface area contributed by atoms with E-state index in [9.17, 15) is 9.59 Å². The lowest BCUT2D eigenvalue weighted by Gasteiger charge is -2.10. The summed E-state index contributed by atoms with van der Waals surface area (Å²) in [6, 6.07) is 18.7. The molecule has 0 saturated carbocycles. The van der Waals surface area contributed by atoms with E-state index in [-0.39, 0.29) is 12.4 Å². The van der Waals surface area contributed by atoms with Gasteiger partial charge in [-0.15, -0.1) is 0 Å². The maximum atomic E-state index is 12.5. The van der Waals surface area contributed by atoms with E-state index in [2.05, 4.69) is 17.5 Å². The Labute approximate surface area is 222 Å². The number of hydrazone groups is 1. The second-order valence-corrected chi connectivity index (χ2v) is 8.01. The van der Waals surface area contributed by atoms with E-state index in [0.29, 0.717) is 41.6 Å². The minimum atomic E-state index is -0.529. The number of rotatable bonds is 14. The van der Waals surface area contributed by atoms with Gasteiger partial charge in [-0.05, 0) is 85.6 Å². The summed E-state index contributed by atoms with van der Waals surface area (Å²) < 4.78 is 27.3. The topological polar surface area (TPSA) is 105 Å². The number of unbranched alkanes of at least 4 members (excludes halogenated alkanes) is 1. The van der Waals surface area contributed by atoms with Crippen molar-refractivity contribution in [2.75, 3.05) is 26.9 Å². The highest BCUT2D eigenvalue weighted by atomic mass is 16.6. The predicted molar refractivity (Wildman–Crippen MR) is 144 cm³/mol. The molecule has 0 bridgehead atoms. The van der Waals surface area contributed by atoms with Gasteiger partial charge >= 0.3 is 5.97 Å². The van der Waals surface area contributed by atoms with E-state index in [1.807, 2.05) is 6.92 Å². The molecule has 0 atom stereocenters. The molecule has 9 heteroatoms. The quantitative estimate of drug-likeness (QED) is 0.105. The Morgan fingerprint density at radius 3 is 2.16 bits per heavy atom. The van der Waals surface area contributed by atoms with Crippen molar-refractivity contribution in [1.82, 2.24) is 5.43 Å².